The van der Waals surface area contributed by atoms with Crippen LogP contribution in [-0.4, -0.2) is 62.2 Å². The fraction of sp³-hybridized carbons (Fsp3) is 0.900. The summed E-state index contributed by atoms with van der Waals surface area (Å²) in [7, 11) is 0. The zero-order valence-electron chi connectivity index (χ0n) is 9.38. The molecule has 1 unspecified atom stereocenters. The molecule has 0 radical (unpaired) electrons. The molecule has 1 aliphatic carbocycles. The molecule has 0 spiro atoms. The normalized spacial score (nSPS) is 59.3. The van der Waals surface area contributed by atoms with E-state index >= 15 is 0 Å². The maximum atomic E-state index is 11.7. The van der Waals surface area contributed by atoms with E-state index in [0.29, 0.717) is 0 Å². The molecule has 2 heterocycles. The molecule has 0 aromatic rings. The van der Waals surface area contributed by atoms with Gasteiger partial charge in [-0.25, -0.2) is 4.79 Å². The largest absolute Gasteiger partial charge is 0.461 e. The molecule has 0 aromatic heterocycles. The Morgan fingerprint density at radius 3 is 2.47 bits per heavy atom. The summed E-state index contributed by atoms with van der Waals surface area (Å²) in [4.78, 5) is 11.7. The Balaban J connectivity index is 2.15. The molecular formula is C10H14O7. The van der Waals surface area contributed by atoms with Gasteiger partial charge in [-0.15, -0.1) is 0 Å². The van der Waals surface area contributed by atoms with Crippen molar-refractivity contribution in [3.05, 3.63) is 0 Å². The smallest absolute Gasteiger partial charge is 0.344 e. The van der Waals surface area contributed by atoms with E-state index in [4.69, 9.17) is 4.74 Å². The summed E-state index contributed by atoms with van der Waals surface area (Å²) in [6.45, 7) is 2.57. The van der Waals surface area contributed by atoms with Crippen molar-refractivity contribution >= 4 is 5.97 Å². The molecule has 0 bridgehead atoms. The number of hydrogen-bond acceptors (Lipinski definition) is 7. The van der Waals surface area contributed by atoms with E-state index < -0.39 is 40.6 Å². The van der Waals surface area contributed by atoms with Gasteiger partial charge in [-0.1, -0.05) is 13.8 Å². The molecule has 3 fully saturated rings. The lowest BCUT2D eigenvalue weighted by molar-refractivity contribution is -0.245. The highest BCUT2D eigenvalue weighted by Crippen LogP contribution is 2.75. The lowest BCUT2D eigenvalue weighted by Gasteiger charge is -2.40. The molecule has 4 N–H and O–H groups in total. The zero-order valence-corrected chi connectivity index (χ0v) is 9.38. The van der Waals surface area contributed by atoms with Gasteiger partial charge in [0.05, 0.1) is 5.41 Å². The first-order valence-electron chi connectivity index (χ1n) is 5.35. The lowest BCUT2D eigenvalue weighted by atomic mass is 9.80. The van der Waals surface area contributed by atoms with E-state index in [0.717, 1.165) is 0 Å². The molecule has 17 heavy (non-hydrogen) atoms. The monoisotopic (exact) mass is 246 g/mol. The minimum Gasteiger partial charge on any atom is -0.461 e. The van der Waals surface area contributed by atoms with E-state index in [9.17, 15) is 25.2 Å². The number of aliphatic hydroxyl groups excluding tert-OH is 1. The maximum Gasteiger partial charge on any atom is 0.344 e. The van der Waals surface area contributed by atoms with Crippen LogP contribution in [0.4, 0.5) is 0 Å². The number of carbonyl (C=O) groups excluding carboxylic acids is 1. The van der Waals surface area contributed by atoms with Crippen molar-refractivity contribution < 1.29 is 34.7 Å². The summed E-state index contributed by atoms with van der Waals surface area (Å²) in [5.41, 5.74) is -5.83. The standard InChI is InChI=1S/C10H14O7/c1-7(2)9(14)8(13)5(17-10(7,9)15)4(11)3-16-6(8)12/h4-5,11,13-15H,3H2,1-2H3/t4-,5-,8-,9-,10?/m1/s1. The molecule has 0 amide bonds. The molecule has 7 nitrogen and oxygen atoms in total. The average Bonchev–Trinajstić information content (AvgIpc) is 2.50. The highest BCUT2D eigenvalue weighted by atomic mass is 16.7. The molecule has 0 aromatic carbocycles. The summed E-state index contributed by atoms with van der Waals surface area (Å²) in [5, 5.41) is 40.5. The Bertz CT molecular complexity index is 421. The van der Waals surface area contributed by atoms with Crippen molar-refractivity contribution in [2.45, 2.75) is 43.0 Å². The van der Waals surface area contributed by atoms with Gasteiger partial charge >= 0.3 is 5.97 Å². The number of aliphatic hydroxyl groups is 4. The SMILES string of the molecule is CC1(C)C2(O)O[C@@H]3[C@H](O)COC(=O)[C@@]3(O)[C@]12O. The second-order valence-corrected chi connectivity index (χ2v) is 5.45. The molecule has 2 saturated heterocycles. The fourth-order valence-electron chi connectivity index (χ4n) is 3.21. The van der Waals surface area contributed by atoms with E-state index in [1.807, 2.05) is 0 Å². The molecule has 7 heteroatoms. The van der Waals surface area contributed by atoms with Gasteiger partial charge in [0, 0.05) is 0 Å². The van der Waals surface area contributed by atoms with Crippen molar-refractivity contribution in [3.63, 3.8) is 0 Å². The molecule has 2 aliphatic heterocycles. The predicted molar refractivity (Wildman–Crippen MR) is 50.5 cm³/mol. The number of cyclic esters (lactones) is 1. The third kappa shape index (κ3) is 0.765. The number of esters is 1. The highest BCUT2D eigenvalue weighted by Gasteiger charge is 2.99. The number of rotatable bonds is 0. The number of hydrogen-bond donors (Lipinski definition) is 4. The van der Waals surface area contributed by atoms with Crippen LogP contribution < -0.4 is 0 Å². The van der Waals surface area contributed by atoms with E-state index in [2.05, 4.69) is 4.74 Å². The minimum atomic E-state index is -2.44. The van der Waals surface area contributed by atoms with Gasteiger partial charge < -0.3 is 29.9 Å². The van der Waals surface area contributed by atoms with Crippen molar-refractivity contribution in [1.29, 1.82) is 0 Å². The zero-order chi connectivity index (χ0) is 12.9. The van der Waals surface area contributed by atoms with Gasteiger partial charge in [-0.05, 0) is 0 Å². The van der Waals surface area contributed by atoms with E-state index in [-0.39, 0.29) is 6.61 Å². The van der Waals surface area contributed by atoms with Crippen LogP contribution in [0.25, 0.3) is 0 Å². The second kappa shape index (κ2) is 2.50. The molecule has 3 rings (SSSR count). The van der Waals surface area contributed by atoms with Crippen molar-refractivity contribution in [2.24, 2.45) is 5.41 Å². The van der Waals surface area contributed by atoms with Crippen LogP contribution in [0, 0.1) is 5.41 Å². The number of carbonyl (C=O) groups is 1. The molecule has 1 saturated carbocycles. The van der Waals surface area contributed by atoms with E-state index in [1.54, 1.807) is 0 Å². The van der Waals surface area contributed by atoms with Gasteiger partial charge in [0.25, 0.3) is 0 Å². The van der Waals surface area contributed by atoms with Gasteiger partial charge in [-0.3, -0.25) is 0 Å². The van der Waals surface area contributed by atoms with Gasteiger partial charge in [0.1, 0.15) is 18.8 Å². The fourth-order valence-corrected chi connectivity index (χ4v) is 3.21. The molecule has 3 aliphatic rings. The second-order valence-electron chi connectivity index (χ2n) is 5.45. The summed E-state index contributed by atoms with van der Waals surface area (Å²) < 4.78 is 9.75. The van der Waals surface area contributed by atoms with Crippen LogP contribution in [-0.2, 0) is 14.3 Å². The lowest BCUT2D eigenvalue weighted by Crippen LogP contribution is -2.67. The molecule has 96 valence electrons. The first kappa shape index (κ1) is 11.4. The van der Waals surface area contributed by atoms with Crippen LogP contribution in [0.2, 0.25) is 0 Å². The Labute approximate surface area is 96.6 Å². The maximum absolute atomic E-state index is 11.7. The summed E-state index contributed by atoms with van der Waals surface area (Å²) >= 11 is 0. The quantitative estimate of drug-likeness (QED) is 0.349. The topological polar surface area (TPSA) is 116 Å². The van der Waals surface area contributed by atoms with Gasteiger partial charge in [0.15, 0.2) is 5.60 Å². The van der Waals surface area contributed by atoms with Gasteiger partial charge in [-0.2, -0.15) is 0 Å². The summed E-state index contributed by atoms with van der Waals surface area (Å²) in [5.74, 6) is -3.14. The van der Waals surface area contributed by atoms with Crippen molar-refractivity contribution in [3.8, 4) is 0 Å². The first-order chi connectivity index (χ1) is 7.64. The van der Waals surface area contributed by atoms with Crippen LogP contribution in [0.5, 0.6) is 0 Å². The van der Waals surface area contributed by atoms with Crippen LogP contribution in [0.3, 0.4) is 0 Å². The first-order valence-corrected chi connectivity index (χ1v) is 5.35. The number of fused-ring (bicyclic) bond motifs is 3. The summed E-state index contributed by atoms with van der Waals surface area (Å²) in [6, 6.07) is 0. The van der Waals surface area contributed by atoms with Crippen LogP contribution in [0.15, 0.2) is 0 Å². The molecule has 5 atom stereocenters. The average molecular weight is 246 g/mol. The third-order valence-electron chi connectivity index (χ3n) is 4.49. The Kier molecular flexibility index (Phi) is 1.67. The minimum absolute atomic E-state index is 0.335. The highest BCUT2D eigenvalue weighted by molar-refractivity contribution is 5.86. The van der Waals surface area contributed by atoms with Crippen molar-refractivity contribution in [1.82, 2.24) is 0 Å². The predicted octanol–water partition coefficient (Wildman–Crippen LogP) is -2.51. The van der Waals surface area contributed by atoms with Crippen LogP contribution in [0.1, 0.15) is 13.8 Å². The van der Waals surface area contributed by atoms with Gasteiger partial charge in [0.2, 0.25) is 11.4 Å². The van der Waals surface area contributed by atoms with Crippen LogP contribution >= 0.6 is 0 Å². The molecular weight excluding hydrogens is 232 g/mol. The van der Waals surface area contributed by atoms with E-state index in [1.165, 1.54) is 13.8 Å². The Morgan fingerprint density at radius 2 is 1.88 bits per heavy atom. The summed E-state index contributed by atoms with van der Waals surface area (Å²) in [6.07, 6.45) is -2.67. The third-order valence-corrected chi connectivity index (χ3v) is 4.49. The Hall–Kier alpha value is -0.730. The number of ether oxygens (including phenoxy) is 2. The Morgan fingerprint density at radius 1 is 1.29 bits per heavy atom. The van der Waals surface area contributed by atoms with Crippen molar-refractivity contribution in [2.75, 3.05) is 6.61 Å².